The summed E-state index contributed by atoms with van der Waals surface area (Å²) in [5.74, 6) is 0.409. The van der Waals surface area contributed by atoms with Crippen molar-refractivity contribution in [1.82, 2.24) is 4.90 Å². The van der Waals surface area contributed by atoms with Crippen molar-refractivity contribution in [2.45, 2.75) is 33.2 Å². The van der Waals surface area contributed by atoms with E-state index in [0.717, 1.165) is 13.1 Å². The van der Waals surface area contributed by atoms with Crippen molar-refractivity contribution in [3.05, 3.63) is 0 Å². The zero-order valence-corrected chi connectivity index (χ0v) is 10.5. The van der Waals surface area contributed by atoms with Crippen LogP contribution in [-0.2, 0) is 9.53 Å². The molecule has 4 heteroatoms. The summed E-state index contributed by atoms with van der Waals surface area (Å²) in [7, 11) is 0. The number of aliphatic carboxylic acids is 1. The highest BCUT2D eigenvalue weighted by Gasteiger charge is 2.30. The van der Waals surface area contributed by atoms with Crippen molar-refractivity contribution in [3.8, 4) is 0 Å². The average molecular weight is 229 g/mol. The normalized spacial score (nSPS) is 26.5. The van der Waals surface area contributed by atoms with Gasteiger partial charge in [0.25, 0.3) is 0 Å². The number of carboxylic acid groups (broad SMARTS) is 1. The summed E-state index contributed by atoms with van der Waals surface area (Å²) in [6.07, 6.45) is 0.106. The molecule has 4 nitrogen and oxygen atoms in total. The Morgan fingerprint density at radius 1 is 1.50 bits per heavy atom. The fraction of sp³-hybridized carbons (Fsp3) is 0.917. The number of likely N-dealkylation sites (tertiary alicyclic amines) is 1. The van der Waals surface area contributed by atoms with Crippen LogP contribution < -0.4 is 0 Å². The van der Waals surface area contributed by atoms with Crippen molar-refractivity contribution in [2.24, 2.45) is 11.8 Å². The largest absolute Gasteiger partial charge is 0.481 e. The van der Waals surface area contributed by atoms with Crippen molar-refractivity contribution in [3.63, 3.8) is 0 Å². The number of ether oxygens (including phenoxy) is 1. The Kier molecular flexibility index (Phi) is 5.22. The third-order valence-electron chi connectivity index (χ3n) is 3.32. The quantitative estimate of drug-likeness (QED) is 0.700. The van der Waals surface area contributed by atoms with E-state index in [9.17, 15) is 4.79 Å². The molecule has 0 aromatic heterocycles. The predicted molar refractivity (Wildman–Crippen MR) is 62.4 cm³/mol. The first-order valence-electron chi connectivity index (χ1n) is 6.04. The Bertz CT molecular complexity index is 230. The summed E-state index contributed by atoms with van der Waals surface area (Å²) < 4.78 is 5.42. The Hall–Kier alpha value is -0.610. The molecule has 1 aliphatic heterocycles. The Morgan fingerprint density at radius 2 is 2.19 bits per heavy atom. The predicted octanol–water partition coefficient (Wildman–Crippen LogP) is 1.45. The maximum Gasteiger partial charge on any atom is 0.305 e. The molecule has 0 unspecified atom stereocenters. The fourth-order valence-electron chi connectivity index (χ4n) is 2.11. The van der Waals surface area contributed by atoms with Crippen LogP contribution in [0.5, 0.6) is 0 Å². The first kappa shape index (κ1) is 13.5. The molecule has 0 bridgehead atoms. The third-order valence-corrected chi connectivity index (χ3v) is 3.32. The molecule has 0 aromatic rings. The number of carboxylic acids is 1. The Balaban J connectivity index is 2.20. The van der Waals surface area contributed by atoms with E-state index in [-0.39, 0.29) is 6.42 Å². The molecule has 1 aliphatic rings. The Labute approximate surface area is 97.6 Å². The monoisotopic (exact) mass is 229 g/mol. The summed E-state index contributed by atoms with van der Waals surface area (Å²) >= 11 is 0. The smallest absolute Gasteiger partial charge is 0.305 e. The van der Waals surface area contributed by atoms with Crippen LogP contribution in [0, 0.1) is 11.8 Å². The third kappa shape index (κ3) is 4.10. The molecule has 16 heavy (non-hydrogen) atoms. The van der Waals surface area contributed by atoms with Gasteiger partial charge in [-0.05, 0) is 25.7 Å². The average Bonchev–Trinajstić information content (AvgIpc) is 2.55. The van der Waals surface area contributed by atoms with Crippen molar-refractivity contribution in [2.75, 3.05) is 26.3 Å². The number of carbonyl (C=O) groups is 1. The molecular weight excluding hydrogens is 206 g/mol. The van der Waals surface area contributed by atoms with Crippen molar-refractivity contribution < 1.29 is 14.6 Å². The van der Waals surface area contributed by atoms with Crippen LogP contribution in [0.4, 0.5) is 0 Å². The van der Waals surface area contributed by atoms with E-state index in [0.29, 0.717) is 31.1 Å². The lowest BCUT2D eigenvalue weighted by Crippen LogP contribution is -2.29. The van der Waals surface area contributed by atoms with Gasteiger partial charge < -0.3 is 14.7 Å². The van der Waals surface area contributed by atoms with Crippen molar-refractivity contribution >= 4 is 5.97 Å². The van der Waals surface area contributed by atoms with E-state index >= 15 is 0 Å². The van der Waals surface area contributed by atoms with E-state index < -0.39 is 5.97 Å². The van der Waals surface area contributed by atoms with Gasteiger partial charge in [-0.2, -0.15) is 0 Å². The van der Waals surface area contributed by atoms with Crippen LogP contribution >= 0.6 is 0 Å². The Morgan fingerprint density at radius 3 is 2.69 bits per heavy atom. The van der Waals surface area contributed by atoms with Gasteiger partial charge in [-0.15, -0.1) is 0 Å². The van der Waals surface area contributed by atoms with E-state index in [4.69, 9.17) is 9.84 Å². The lowest BCUT2D eigenvalue weighted by Gasteiger charge is -2.20. The minimum absolute atomic E-state index is 0.106. The van der Waals surface area contributed by atoms with Gasteiger partial charge >= 0.3 is 5.97 Å². The molecule has 1 N–H and O–H groups in total. The van der Waals surface area contributed by atoms with Crippen LogP contribution in [0.2, 0.25) is 0 Å². The molecule has 0 spiro atoms. The van der Waals surface area contributed by atoms with Gasteiger partial charge in [-0.25, -0.2) is 0 Å². The molecule has 1 saturated heterocycles. The van der Waals surface area contributed by atoms with Gasteiger partial charge in [-0.1, -0.05) is 6.92 Å². The molecule has 1 heterocycles. The summed E-state index contributed by atoms with van der Waals surface area (Å²) in [6, 6.07) is 0.589. The second-order valence-electron chi connectivity index (χ2n) is 5.00. The summed E-state index contributed by atoms with van der Waals surface area (Å²) in [5.41, 5.74) is 0. The lowest BCUT2D eigenvalue weighted by atomic mass is 9.99. The highest BCUT2D eigenvalue weighted by atomic mass is 16.5. The minimum atomic E-state index is -0.789. The molecule has 0 amide bonds. The molecule has 0 aromatic carbocycles. The van der Waals surface area contributed by atoms with E-state index in [2.05, 4.69) is 25.7 Å². The van der Waals surface area contributed by atoms with Gasteiger partial charge in [0.2, 0.25) is 0 Å². The first-order chi connectivity index (χ1) is 7.50. The topological polar surface area (TPSA) is 49.8 Å². The minimum Gasteiger partial charge on any atom is -0.481 e. The van der Waals surface area contributed by atoms with Crippen molar-refractivity contribution in [1.29, 1.82) is 0 Å². The maximum atomic E-state index is 10.3. The molecular formula is C12H23NO3. The highest BCUT2D eigenvalue weighted by Crippen LogP contribution is 2.24. The highest BCUT2D eigenvalue weighted by molar-refractivity contribution is 5.66. The molecule has 0 aliphatic carbocycles. The molecule has 1 rings (SSSR count). The number of rotatable bonds is 6. The standard InChI is InChI=1S/C12H23NO3/c1-9(2)13-6-10(3)11(7-13)8-16-5-4-12(14)15/h9-11H,4-8H2,1-3H3,(H,14,15)/t10-,11+/m0/s1. The summed E-state index contributed by atoms with van der Waals surface area (Å²) in [6.45, 7) is 9.89. The molecule has 94 valence electrons. The maximum absolute atomic E-state index is 10.3. The van der Waals surface area contributed by atoms with Crippen LogP contribution in [0.15, 0.2) is 0 Å². The van der Waals surface area contributed by atoms with E-state index in [1.807, 2.05) is 0 Å². The summed E-state index contributed by atoms with van der Waals surface area (Å²) in [5, 5.41) is 8.48. The summed E-state index contributed by atoms with van der Waals surface area (Å²) in [4.78, 5) is 12.8. The van der Waals surface area contributed by atoms with E-state index in [1.54, 1.807) is 0 Å². The molecule has 1 fully saturated rings. The van der Waals surface area contributed by atoms with Gasteiger partial charge in [0.15, 0.2) is 0 Å². The molecule has 0 radical (unpaired) electrons. The van der Waals surface area contributed by atoms with Crippen LogP contribution in [0.3, 0.4) is 0 Å². The van der Waals surface area contributed by atoms with Gasteiger partial charge in [0, 0.05) is 19.1 Å². The first-order valence-corrected chi connectivity index (χ1v) is 6.04. The number of hydrogen-bond donors (Lipinski definition) is 1. The van der Waals surface area contributed by atoms with Gasteiger partial charge in [-0.3, -0.25) is 4.79 Å². The van der Waals surface area contributed by atoms with Gasteiger partial charge in [0.1, 0.15) is 0 Å². The fourth-order valence-corrected chi connectivity index (χ4v) is 2.11. The molecule has 2 atom stereocenters. The van der Waals surface area contributed by atoms with Crippen LogP contribution in [-0.4, -0.2) is 48.3 Å². The lowest BCUT2D eigenvalue weighted by molar-refractivity contribution is -0.138. The van der Waals surface area contributed by atoms with Gasteiger partial charge in [0.05, 0.1) is 19.6 Å². The molecule has 0 saturated carbocycles. The van der Waals surface area contributed by atoms with Crippen LogP contribution in [0.25, 0.3) is 0 Å². The SMILES string of the molecule is CC(C)N1C[C@H](COCCC(=O)O)[C@@H](C)C1. The zero-order valence-electron chi connectivity index (χ0n) is 10.5. The second-order valence-corrected chi connectivity index (χ2v) is 5.00. The van der Waals surface area contributed by atoms with E-state index in [1.165, 1.54) is 0 Å². The number of hydrogen-bond acceptors (Lipinski definition) is 3. The second kappa shape index (κ2) is 6.21. The zero-order chi connectivity index (χ0) is 12.1. The van der Waals surface area contributed by atoms with Crippen LogP contribution in [0.1, 0.15) is 27.2 Å². The number of nitrogens with zero attached hydrogens (tertiary/aromatic N) is 1.